The Kier molecular flexibility index (Phi) is 6.80. The van der Waals surface area contributed by atoms with E-state index in [4.69, 9.17) is 5.84 Å². The quantitative estimate of drug-likeness (QED) is 0.500. The number of ketones is 1. The van der Waals surface area contributed by atoms with Gasteiger partial charge in [0.25, 0.3) is 0 Å². The number of Topliss-reactive ketones (excluding diaryl/α,β-unsaturated/α-hetero) is 1. The summed E-state index contributed by atoms with van der Waals surface area (Å²) in [6.07, 6.45) is 0. The summed E-state index contributed by atoms with van der Waals surface area (Å²) in [7, 11) is 0. The smallest absolute Gasteiger partial charge is 0.335 e. The molecule has 0 saturated carbocycles. The fourth-order valence-corrected chi connectivity index (χ4v) is 2.04. The maximum Gasteiger partial charge on any atom is 0.366 e. The molecule has 0 aliphatic heterocycles. The van der Waals surface area contributed by atoms with E-state index >= 15 is 0 Å². The lowest BCUT2D eigenvalue weighted by atomic mass is 10.0. The molecule has 0 bridgehead atoms. The molecule has 0 aliphatic carbocycles. The maximum absolute atomic E-state index is 13.3. The predicted molar refractivity (Wildman–Crippen MR) is 83.2 cm³/mol. The van der Waals surface area contributed by atoms with Crippen LogP contribution in [0.25, 0.3) is 11.3 Å². The van der Waals surface area contributed by atoms with Crippen LogP contribution in [0.2, 0.25) is 0 Å². The molecular weight excluding hydrogens is 358 g/mol. The molecule has 1 aromatic carbocycles. The third kappa shape index (κ3) is 3.65. The van der Waals surface area contributed by atoms with Gasteiger partial charge < -0.3 is 5.84 Å². The summed E-state index contributed by atoms with van der Waals surface area (Å²) in [5.74, 6) is 0.444. The van der Waals surface area contributed by atoms with Crippen LogP contribution in [0.4, 0.5) is 13.2 Å². The number of nitrogens with two attached hydrogens (primary N) is 1. The highest BCUT2D eigenvalue weighted by Gasteiger charge is 2.21. The molecule has 2 N–H and O–H groups in total. The van der Waals surface area contributed by atoms with Crippen molar-refractivity contribution in [1.29, 1.82) is 0 Å². The third-order valence-corrected chi connectivity index (χ3v) is 2.92. The Hall–Kier alpha value is -2.06. The number of carbonyl (C=O) groups is 1. The minimum absolute atomic E-state index is 0. The van der Waals surface area contributed by atoms with E-state index in [0.717, 1.165) is 0 Å². The van der Waals surface area contributed by atoms with Gasteiger partial charge in [0.1, 0.15) is 0 Å². The van der Waals surface area contributed by atoms with Crippen LogP contribution in [-0.4, -0.2) is 15.4 Å². The first-order valence-electron chi connectivity index (χ1n) is 5.78. The van der Waals surface area contributed by atoms with Gasteiger partial charge in [0, 0.05) is 5.56 Å². The minimum atomic E-state index is -1.65. The first kappa shape index (κ1) is 20.9. The fourth-order valence-electron chi connectivity index (χ4n) is 2.04. The number of hydrogen-bond donors (Lipinski definition) is 1. The molecule has 0 unspecified atom stereocenters. The highest BCUT2D eigenvalue weighted by atomic mass is 35.5. The summed E-state index contributed by atoms with van der Waals surface area (Å²) in [6.45, 7) is 2.58. The van der Waals surface area contributed by atoms with E-state index in [-0.39, 0.29) is 47.3 Å². The molecule has 1 aromatic heterocycles. The van der Waals surface area contributed by atoms with Gasteiger partial charge in [-0.3, -0.25) is 4.79 Å². The molecule has 0 radical (unpaired) electrons. The lowest BCUT2D eigenvalue weighted by molar-refractivity contribution is 0.101. The second-order valence-electron chi connectivity index (χ2n) is 4.38. The molecule has 0 atom stereocenters. The molecule has 0 amide bonds. The first-order chi connectivity index (χ1) is 9.73. The van der Waals surface area contributed by atoms with E-state index in [2.05, 4.69) is 4.98 Å². The van der Waals surface area contributed by atoms with Crippen LogP contribution in [0.1, 0.15) is 23.0 Å². The standard InChI is InChI=1S/C13H10F3N3O2.2ClH/c1-5-10(6(2)20)12(19(17)13(21)18-5)7-3-8(14)11(16)9(15)4-7;;/h3-4H,17H2,1-2H3;2*1H. The average molecular weight is 370 g/mol. The third-order valence-electron chi connectivity index (χ3n) is 2.92. The molecule has 2 aromatic rings. The number of nitrogen functional groups attached to an aromatic ring is 1. The van der Waals surface area contributed by atoms with Crippen LogP contribution in [0, 0.1) is 24.4 Å². The number of rotatable bonds is 2. The summed E-state index contributed by atoms with van der Waals surface area (Å²) in [5.41, 5.74) is -1.37. The van der Waals surface area contributed by atoms with Crippen LogP contribution in [0.3, 0.4) is 0 Å². The van der Waals surface area contributed by atoms with Crippen molar-refractivity contribution in [3.8, 4) is 11.3 Å². The first-order valence-corrected chi connectivity index (χ1v) is 5.78. The van der Waals surface area contributed by atoms with Crippen LogP contribution < -0.4 is 11.5 Å². The molecule has 0 fully saturated rings. The second kappa shape index (κ2) is 7.47. The van der Waals surface area contributed by atoms with E-state index in [1.165, 1.54) is 13.8 Å². The van der Waals surface area contributed by atoms with Crippen molar-refractivity contribution < 1.29 is 18.0 Å². The summed E-state index contributed by atoms with van der Waals surface area (Å²) in [4.78, 5) is 26.8. The van der Waals surface area contributed by atoms with Gasteiger partial charge in [0.05, 0.1) is 17.0 Å². The molecule has 1 heterocycles. The van der Waals surface area contributed by atoms with E-state index in [1.807, 2.05) is 0 Å². The maximum atomic E-state index is 13.3. The Morgan fingerprint density at radius 3 is 2.09 bits per heavy atom. The molecule has 0 saturated heterocycles. The number of halogens is 5. The summed E-state index contributed by atoms with van der Waals surface area (Å²) in [5, 5.41) is 0. The zero-order valence-electron chi connectivity index (χ0n) is 11.9. The summed E-state index contributed by atoms with van der Waals surface area (Å²) < 4.78 is 40.2. The highest BCUT2D eigenvalue weighted by molar-refractivity contribution is 6.00. The van der Waals surface area contributed by atoms with Gasteiger partial charge in [-0.1, -0.05) is 0 Å². The molecule has 10 heteroatoms. The van der Waals surface area contributed by atoms with Crippen LogP contribution in [0.5, 0.6) is 0 Å². The molecule has 0 spiro atoms. The monoisotopic (exact) mass is 369 g/mol. The van der Waals surface area contributed by atoms with Crippen molar-refractivity contribution in [2.45, 2.75) is 13.8 Å². The lowest BCUT2D eigenvalue weighted by Crippen LogP contribution is -2.33. The van der Waals surface area contributed by atoms with Gasteiger partial charge in [0.2, 0.25) is 0 Å². The van der Waals surface area contributed by atoms with E-state index < -0.39 is 28.9 Å². The zero-order valence-corrected chi connectivity index (χ0v) is 13.5. The van der Waals surface area contributed by atoms with Gasteiger partial charge in [0.15, 0.2) is 23.2 Å². The molecule has 126 valence electrons. The lowest BCUT2D eigenvalue weighted by Gasteiger charge is -2.14. The molecular formula is C13H12Cl2F3N3O2. The van der Waals surface area contributed by atoms with E-state index in [9.17, 15) is 22.8 Å². The molecule has 2 rings (SSSR count). The van der Waals surface area contributed by atoms with Gasteiger partial charge in [-0.25, -0.2) is 22.6 Å². The van der Waals surface area contributed by atoms with Gasteiger partial charge in [-0.05, 0) is 26.0 Å². The van der Waals surface area contributed by atoms with E-state index in [1.54, 1.807) is 0 Å². The van der Waals surface area contributed by atoms with Crippen molar-refractivity contribution in [2.75, 3.05) is 5.84 Å². The fraction of sp³-hybridized carbons (Fsp3) is 0.154. The number of benzene rings is 1. The van der Waals surface area contributed by atoms with Gasteiger partial charge in [-0.15, -0.1) is 24.8 Å². The van der Waals surface area contributed by atoms with Crippen LogP contribution in [0.15, 0.2) is 16.9 Å². The van der Waals surface area contributed by atoms with Gasteiger partial charge in [-0.2, -0.15) is 4.98 Å². The zero-order chi connectivity index (χ0) is 15.9. The average Bonchev–Trinajstić information content (AvgIpc) is 2.38. The number of aryl methyl sites for hydroxylation is 1. The summed E-state index contributed by atoms with van der Waals surface area (Å²) in [6, 6.07) is 1.31. The Balaban J connectivity index is 0.00000242. The van der Waals surface area contributed by atoms with E-state index in [0.29, 0.717) is 16.8 Å². The number of nitrogens with zero attached hydrogens (tertiary/aromatic N) is 2. The second-order valence-corrected chi connectivity index (χ2v) is 4.38. The minimum Gasteiger partial charge on any atom is -0.335 e. The van der Waals surface area contributed by atoms with Crippen molar-refractivity contribution in [2.24, 2.45) is 0 Å². The number of hydrogen-bond acceptors (Lipinski definition) is 4. The Bertz CT molecular complexity index is 802. The van der Waals surface area contributed by atoms with Crippen LogP contribution in [-0.2, 0) is 0 Å². The molecule has 5 nitrogen and oxygen atoms in total. The van der Waals surface area contributed by atoms with Crippen molar-refractivity contribution >= 4 is 30.6 Å². The van der Waals surface area contributed by atoms with Gasteiger partial charge >= 0.3 is 5.69 Å². The van der Waals surface area contributed by atoms with Crippen molar-refractivity contribution in [3.05, 3.63) is 51.3 Å². The predicted octanol–water partition coefficient (Wildman–Crippen LogP) is 2.40. The van der Waals surface area contributed by atoms with Crippen molar-refractivity contribution in [3.63, 3.8) is 0 Å². The normalized spacial score (nSPS) is 9.78. The number of carbonyl (C=O) groups excluding carboxylic acids is 1. The SMILES string of the molecule is CC(=O)c1c(C)nc(=O)n(N)c1-c1cc(F)c(F)c(F)c1.Cl.Cl. The molecule has 23 heavy (non-hydrogen) atoms. The van der Waals surface area contributed by atoms with Crippen LogP contribution >= 0.6 is 24.8 Å². The largest absolute Gasteiger partial charge is 0.366 e. The Morgan fingerprint density at radius 1 is 1.17 bits per heavy atom. The Labute approximate surface area is 141 Å². The topological polar surface area (TPSA) is 78.0 Å². The number of aromatic nitrogens is 2. The Morgan fingerprint density at radius 2 is 1.65 bits per heavy atom. The summed E-state index contributed by atoms with van der Waals surface area (Å²) >= 11 is 0. The molecule has 0 aliphatic rings. The highest BCUT2D eigenvalue weighted by Crippen LogP contribution is 2.26. The van der Waals surface area contributed by atoms with Crippen molar-refractivity contribution in [1.82, 2.24) is 9.66 Å².